The molecule has 0 fully saturated rings. The predicted octanol–water partition coefficient (Wildman–Crippen LogP) is 3.05. The van der Waals surface area contributed by atoms with Gasteiger partial charge < -0.3 is 14.8 Å². The molecule has 1 atom stereocenters. The summed E-state index contributed by atoms with van der Waals surface area (Å²) in [5.74, 6) is 1.26. The molecule has 19 heavy (non-hydrogen) atoms. The van der Waals surface area contributed by atoms with E-state index in [2.05, 4.69) is 21.2 Å². The number of ether oxygens (including phenoxy) is 2. The second-order valence-electron chi connectivity index (χ2n) is 4.78. The summed E-state index contributed by atoms with van der Waals surface area (Å²) in [6.07, 6.45) is 0. The van der Waals surface area contributed by atoms with Crippen molar-refractivity contribution in [1.82, 2.24) is 5.32 Å². The van der Waals surface area contributed by atoms with Crippen LogP contribution in [0.15, 0.2) is 18.2 Å². The number of carbonyl (C=O) groups is 1. The van der Waals surface area contributed by atoms with Crippen molar-refractivity contribution in [2.45, 2.75) is 31.1 Å². The molecule has 1 aromatic rings. The zero-order chi connectivity index (χ0) is 14.6. The average molecular weight is 330 g/mol. The third-order valence-corrected chi connectivity index (χ3v) is 3.16. The topological polar surface area (TPSA) is 47.6 Å². The fraction of sp³-hybridized carbons (Fsp3) is 0.500. The zero-order valence-electron chi connectivity index (χ0n) is 11.9. The second kappa shape index (κ2) is 6.28. The van der Waals surface area contributed by atoms with Crippen molar-refractivity contribution in [3.63, 3.8) is 0 Å². The first-order chi connectivity index (χ1) is 8.79. The molecule has 0 saturated heterocycles. The van der Waals surface area contributed by atoms with Crippen molar-refractivity contribution in [1.29, 1.82) is 0 Å². The second-order valence-corrected chi connectivity index (χ2v) is 6.76. The van der Waals surface area contributed by atoms with Gasteiger partial charge in [0.25, 0.3) is 0 Å². The van der Waals surface area contributed by atoms with Crippen molar-refractivity contribution >= 4 is 21.8 Å². The Bertz CT molecular complexity index is 454. The molecule has 0 heterocycles. The van der Waals surface area contributed by atoms with Gasteiger partial charge in [0, 0.05) is 0 Å². The molecule has 5 heteroatoms. The maximum absolute atomic E-state index is 11.9. The normalized spacial score (nSPS) is 12.7. The Balaban J connectivity index is 2.89. The molecule has 0 aliphatic carbocycles. The van der Waals surface area contributed by atoms with E-state index in [-0.39, 0.29) is 11.9 Å². The highest BCUT2D eigenvalue weighted by molar-refractivity contribution is 9.10. The molecule has 1 unspecified atom stereocenters. The maximum atomic E-state index is 11.9. The molecule has 1 rings (SSSR count). The number of carbonyl (C=O) groups excluding carboxylic acids is 1. The molecule has 0 aliphatic rings. The van der Waals surface area contributed by atoms with E-state index in [1.165, 1.54) is 0 Å². The third-order valence-electron chi connectivity index (χ3n) is 2.80. The van der Waals surface area contributed by atoms with E-state index in [1.54, 1.807) is 14.2 Å². The fourth-order valence-electron chi connectivity index (χ4n) is 1.57. The Morgan fingerprint density at radius 2 is 1.84 bits per heavy atom. The van der Waals surface area contributed by atoms with Gasteiger partial charge in [0.15, 0.2) is 11.5 Å². The summed E-state index contributed by atoms with van der Waals surface area (Å²) in [5, 5.41) is 2.94. The number of hydrogen-bond acceptors (Lipinski definition) is 3. The van der Waals surface area contributed by atoms with Gasteiger partial charge in [-0.2, -0.15) is 0 Å². The smallest absolute Gasteiger partial charge is 0.236 e. The summed E-state index contributed by atoms with van der Waals surface area (Å²) in [4.78, 5) is 11.9. The highest BCUT2D eigenvalue weighted by Crippen LogP contribution is 2.30. The molecule has 4 nitrogen and oxygen atoms in total. The Kier molecular flexibility index (Phi) is 5.23. The lowest BCUT2D eigenvalue weighted by Gasteiger charge is -2.21. The number of nitrogens with one attached hydrogen (secondary N) is 1. The molecule has 0 bridgehead atoms. The molecule has 1 N–H and O–H groups in total. The summed E-state index contributed by atoms with van der Waals surface area (Å²) in [6.45, 7) is 5.55. The van der Waals surface area contributed by atoms with Crippen LogP contribution in [-0.2, 0) is 4.79 Å². The number of amides is 1. The van der Waals surface area contributed by atoms with Gasteiger partial charge in [-0.3, -0.25) is 4.79 Å². The van der Waals surface area contributed by atoms with Crippen LogP contribution in [0.25, 0.3) is 0 Å². The molecule has 106 valence electrons. The van der Waals surface area contributed by atoms with Gasteiger partial charge >= 0.3 is 0 Å². The largest absolute Gasteiger partial charge is 0.493 e. The number of alkyl halides is 1. The van der Waals surface area contributed by atoms with Crippen molar-refractivity contribution in [3.05, 3.63) is 23.8 Å². The minimum absolute atomic E-state index is 0.0604. The van der Waals surface area contributed by atoms with Crippen LogP contribution >= 0.6 is 15.9 Å². The Morgan fingerprint density at radius 1 is 1.26 bits per heavy atom. The first-order valence-electron chi connectivity index (χ1n) is 6.01. The summed E-state index contributed by atoms with van der Waals surface area (Å²) >= 11 is 3.34. The molecule has 0 spiro atoms. The summed E-state index contributed by atoms with van der Waals surface area (Å²) < 4.78 is 9.85. The fourth-order valence-corrected chi connectivity index (χ4v) is 1.69. The standard InChI is InChI=1S/C14H20BrNO3/c1-9(16-13(17)14(2,3)15)10-6-7-11(18-4)12(8-10)19-5/h6-9H,1-5H3,(H,16,17). The number of hydrogen-bond donors (Lipinski definition) is 1. The lowest BCUT2D eigenvalue weighted by Crippen LogP contribution is -2.38. The van der Waals surface area contributed by atoms with Crippen LogP contribution in [0.4, 0.5) is 0 Å². The van der Waals surface area contributed by atoms with E-state index in [0.717, 1.165) is 5.56 Å². The van der Waals surface area contributed by atoms with Crippen molar-refractivity contribution < 1.29 is 14.3 Å². The predicted molar refractivity (Wildman–Crippen MR) is 79.1 cm³/mol. The van der Waals surface area contributed by atoms with E-state index in [1.807, 2.05) is 39.0 Å². The molecule has 1 aromatic carbocycles. The SMILES string of the molecule is COc1ccc(C(C)NC(=O)C(C)(C)Br)cc1OC. The number of rotatable bonds is 5. The van der Waals surface area contributed by atoms with E-state index in [4.69, 9.17) is 9.47 Å². The first-order valence-corrected chi connectivity index (χ1v) is 6.80. The van der Waals surface area contributed by atoms with Gasteiger partial charge in [-0.15, -0.1) is 0 Å². The van der Waals surface area contributed by atoms with E-state index < -0.39 is 4.32 Å². The minimum atomic E-state index is -0.585. The molecule has 0 aliphatic heterocycles. The Labute approximate surface area is 122 Å². The van der Waals surface area contributed by atoms with Gasteiger partial charge in [0.05, 0.1) is 24.6 Å². The van der Waals surface area contributed by atoms with Crippen molar-refractivity contribution in [3.8, 4) is 11.5 Å². The number of methoxy groups -OCH3 is 2. The summed E-state index contributed by atoms with van der Waals surface area (Å²) in [7, 11) is 3.18. The Hall–Kier alpha value is -1.23. The lowest BCUT2D eigenvalue weighted by atomic mass is 10.1. The molecular formula is C14H20BrNO3. The van der Waals surface area contributed by atoms with E-state index in [0.29, 0.717) is 11.5 Å². The van der Waals surface area contributed by atoms with Crippen LogP contribution in [0.3, 0.4) is 0 Å². The zero-order valence-corrected chi connectivity index (χ0v) is 13.5. The van der Waals surface area contributed by atoms with E-state index >= 15 is 0 Å². The van der Waals surface area contributed by atoms with Gasteiger partial charge in [-0.05, 0) is 38.5 Å². The van der Waals surface area contributed by atoms with Gasteiger partial charge in [-0.1, -0.05) is 22.0 Å². The van der Waals surface area contributed by atoms with Crippen LogP contribution in [0, 0.1) is 0 Å². The van der Waals surface area contributed by atoms with Crippen LogP contribution < -0.4 is 14.8 Å². The van der Waals surface area contributed by atoms with Gasteiger partial charge in [0.1, 0.15) is 0 Å². The highest BCUT2D eigenvalue weighted by atomic mass is 79.9. The van der Waals surface area contributed by atoms with Crippen LogP contribution in [0.5, 0.6) is 11.5 Å². The van der Waals surface area contributed by atoms with Crippen LogP contribution in [-0.4, -0.2) is 24.5 Å². The highest BCUT2D eigenvalue weighted by Gasteiger charge is 2.25. The molecular weight excluding hydrogens is 310 g/mol. The third kappa shape index (κ3) is 4.13. The first kappa shape index (κ1) is 15.8. The number of benzene rings is 1. The molecule has 0 saturated carbocycles. The quantitative estimate of drug-likeness (QED) is 0.844. The monoisotopic (exact) mass is 329 g/mol. The van der Waals surface area contributed by atoms with Crippen LogP contribution in [0.2, 0.25) is 0 Å². The maximum Gasteiger partial charge on any atom is 0.236 e. The lowest BCUT2D eigenvalue weighted by molar-refractivity contribution is -0.123. The van der Waals surface area contributed by atoms with Gasteiger partial charge in [0.2, 0.25) is 5.91 Å². The molecule has 0 aromatic heterocycles. The van der Waals surface area contributed by atoms with Crippen LogP contribution in [0.1, 0.15) is 32.4 Å². The molecule has 0 radical (unpaired) electrons. The van der Waals surface area contributed by atoms with Crippen molar-refractivity contribution in [2.75, 3.05) is 14.2 Å². The average Bonchev–Trinajstić information content (AvgIpc) is 2.36. The molecule has 1 amide bonds. The van der Waals surface area contributed by atoms with Gasteiger partial charge in [-0.25, -0.2) is 0 Å². The minimum Gasteiger partial charge on any atom is -0.493 e. The number of halogens is 1. The Morgan fingerprint density at radius 3 is 2.32 bits per heavy atom. The van der Waals surface area contributed by atoms with E-state index in [9.17, 15) is 4.79 Å². The van der Waals surface area contributed by atoms with Crippen molar-refractivity contribution in [2.24, 2.45) is 0 Å². The summed E-state index contributed by atoms with van der Waals surface area (Å²) in [6, 6.07) is 5.50. The summed E-state index contributed by atoms with van der Waals surface area (Å²) in [5.41, 5.74) is 0.961.